The van der Waals surface area contributed by atoms with Crippen LogP contribution >= 0.6 is 0 Å². The number of hydrogen-bond acceptors (Lipinski definition) is 4. The van der Waals surface area contributed by atoms with Crippen molar-refractivity contribution in [3.63, 3.8) is 0 Å². The second-order valence-electron chi connectivity index (χ2n) is 5.42. The number of carbonyl (C=O) groups is 1. The van der Waals surface area contributed by atoms with Gasteiger partial charge >= 0.3 is 0 Å². The maximum Gasteiger partial charge on any atom is 0.222 e. The van der Waals surface area contributed by atoms with Crippen molar-refractivity contribution in [1.29, 1.82) is 0 Å². The largest absolute Gasteiger partial charge is 0.338 e. The lowest BCUT2D eigenvalue weighted by molar-refractivity contribution is -0.130. The molecule has 1 aromatic heterocycles. The molecule has 1 unspecified atom stereocenters. The normalized spacial score (nSPS) is 15.3. The average Bonchev–Trinajstić information content (AvgIpc) is 3.00. The SMILES string of the molecule is CC(CN)CCC(=O)N(C)Cc1nnc2n1CCC2. The van der Waals surface area contributed by atoms with Gasteiger partial charge in [-0.05, 0) is 25.3 Å². The zero-order valence-corrected chi connectivity index (χ0v) is 11.8. The van der Waals surface area contributed by atoms with Gasteiger partial charge in [-0.25, -0.2) is 0 Å². The van der Waals surface area contributed by atoms with Crippen LogP contribution in [-0.4, -0.2) is 39.2 Å². The first-order valence-corrected chi connectivity index (χ1v) is 6.96. The van der Waals surface area contributed by atoms with Gasteiger partial charge < -0.3 is 15.2 Å². The van der Waals surface area contributed by atoms with E-state index >= 15 is 0 Å². The van der Waals surface area contributed by atoms with E-state index in [4.69, 9.17) is 5.73 Å². The number of hydrogen-bond donors (Lipinski definition) is 1. The van der Waals surface area contributed by atoms with Crippen LogP contribution in [0.1, 0.15) is 37.8 Å². The summed E-state index contributed by atoms with van der Waals surface area (Å²) in [5.74, 6) is 2.49. The molecule has 0 aromatic carbocycles. The van der Waals surface area contributed by atoms with Crippen LogP contribution in [0.4, 0.5) is 0 Å². The number of aromatic nitrogens is 3. The van der Waals surface area contributed by atoms with Crippen molar-refractivity contribution in [3.05, 3.63) is 11.6 Å². The number of fused-ring (bicyclic) bond motifs is 1. The monoisotopic (exact) mass is 265 g/mol. The molecule has 1 atom stereocenters. The quantitative estimate of drug-likeness (QED) is 0.815. The predicted octanol–water partition coefficient (Wildman–Crippen LogP) is 0.558. The highest BCUT2D eigenvalue weighted by molar-refractivity contribution is 5.75. The molecule has 0 spiro atoms. The lowest BCUT2D eigenvalue weighted by atomic mass is 10.1. The molecular formula is C13H23N5O. The van der Waals surface area contributed by atoms with E-state index in [1.165, 1.54) is 0 Å². The number of nitrogens with two attached hydrogens (primary N) is 1. The van der Waals surface area contributed by atoms with Crippen molar-refractivity contribution < 1.29 is 4.79 Å². The third-order valence-electron chi connectivity index (χ3n) is 3.74. The van der Waals surface area contributed by atoms with Crippen LogP contribution in [0.2, 0.25) is 0 Å². The maximum absolute atomic E-state index is 12.0. The topological polar surface area (TPSA) is 77.0 Å². The van der Waals surface area contributed by atoms with Gasteiger partial charge in [-0.3, -0.25) is 4.79 Å². The van der Waals surface area contributed by atoms with E-state index in [1.807, 2.05) is 7.05 Å². The molecule has 2 N–H and O–H groups in total. The fourth-order valence-corrected chi connectivity index (χ4v) is 2.31. The molecule has 0 aliphatic carbocycles. The standard InChI is InChI=1S/C13H23N5O/c1-10(8-14)5-6-13(19)17(2)9-12-16-15-11-4-3-7-18(11)12/h10H,3-9,14H2,1-2H3. The summed E-state index contributed by atoms with van der Waals surface area (Å²) < 4.78 is 2.13. The number of rotatable bonds is 6. The summed E-state index contributed by atoms with van der Waals surface area (Å²) in [7, 11) is 1.83. The molecule has 1 aliphatic rings. The first kappa shape index (κ1) is 14.0. The van der Waals surface area contributed by atoms with Gasteiger partial charge in [-0.15, -0.1) is 10.2 Å². The van der Waals surface area contributed by atoms with Crippen molar-refractivity contribution in [3.8, 4) is 0 Å². The second kappa shape index (κ2) is 6.14. The van der Waals surface area contributed by atoms with Crippen molar-refractivity contribution in [2.24, 2.45) is 11.7 Å². The average molecular weight is 265 g/mol. The zero-order valence-electron chi connectivity index (χ0n) is 11.8. The first-order valence-electron chi connectivity index (χ1n) is 6.96. The number of aryl methyl sites for hydroxylation is 1. The Morgan fingerprint density at radius 1 is 1.53 bits per heavy atom. The molecule has 0 radical (unpaired) electrons. The van der Waals surface area contributed by atoms with E-state index in [9.17, 15) is 4.79 Å². The first-order chi connectivity index (χ1) is 9.11. The van der Waals surface area contributed by atoms with Crippen LogP contribution in [0.3, 0.4) is 0 Å². The Bertz CT molecular complexity index is 442. The molecule has 0 fully saturated rings. The fourth-order valence-electron chi connectivity index (χ4n) is 2.31. The Morgan fingerprint density at radius 2 is 2.32 bits per heavy atom. The van der Waals surface area contributed by atoms with Crippen LogP contribution in [0, 0.1) is 5.92 Å². The van der Waals surface area contributed by atoms with Gasteiger partial charge in [0.2, 0.25) is 5.91 Å². The van der Waals surface area contributed by atoms with Crippen LogP contribution in [0.5, 0.6) is 0 Å². The molecule has 1 amide bonds. The van der Waals surface area contributed by atoms with Gasteiger partial charge in [-0.2, -0.15) is 0 Å². The van der Waals surface area contributed by atoms with Gasteiger partial charge in [0.1, 0.15) is 5.82 Å². The van der Waals surface area contributed by atoms with Gasteiger partial charge in [0, 0.05) is 26.4 Å². The fraction of sp³-hybridized carbons (Fsp3) is 0.769. The van der Waals surface area contributed by atoms with E-state index < -0.39 is 0 Å². The molecule has 1 aliphatic heterocycles. The highest BCUT2D eigenvalue weighted by atomic mass is 16.2. The molecule has 6 heteroatoms. The van der Waals surface area contributed by atoms with Crippen LogP contribution < -0.4 is 5.73 Å². The van der Waals surface area contributed by atoms with E-state index in [0.29, 0.717) is 25.4 Å². The maximum atomic E-state index is 12.0. The minimum atomic E-state index is 0.149. The van der Waals surface area contributed by atoms with Gasteiger partial charge in [0.25, 0.3) is 0 Å². The molecule has 6 nitrogen and oxygen atoms in total. The second-order valence-corrected chi connectivity index (χ2v) is 5.42. The molecule has 0 saturated carbocycles. The summed E-state index contributed by atoms with van der Waals surface area (Å²) >= 11 is 0. The van der Waals surface area contributed by atoms with Gasteiger partial charge in [0.15, 0.2) is 5.82 Å². The van der Waals surface area contributed by atoms with Crippen LogP contribution in [0.15, 0.2) is 0 Å². The lowest BCUT2D eigenvalue weighted by Gasteiger charge is -2.17. The molecule has 2 rings (SSSR count). The van der Waals surface area contributed by atoms with Gasteiger partial charge in [-0.1, -0.05) is 6.92 Å². The zero-order chi connectivity index (χ0) is 13.8. The number of amides is 1. The lowest BCUT2D eigenvalue weighted by Crippen LogP contribution is -2.28. The van der Waals surface area contributed by atoms with Crippen molar-refractivity contribution in [2.75, 3.05) is 13.6 Å². The van der Waals surface area contributed by atoms with E-state index in [2.05, 4.69) is 21.7 Å². The Balaban J connectivity index is 1.86. The molecule has 0 bridgehead atoms. The molecule has 106 valence electrons. The summed E-state index contributed by atoms with van der Waals surface area (Å²) in [6, 6.07) is 0. The van der Waals surface area contributed by atoms with E-state index in [-0.39, 0.29) is 5.91 Å². The van der Waals surface area contributed by atoms with Crippen molar-refractivity contribution in [1.82, 2.24) is 19.7 Å². The summed E-state index contributed by atoms with van der Waals surface area (Å²) in [6.07, 6.45) is 3.52. The van der Waals surface area contributed by atoms with E-state index in [1.54, 1.807) is 4.90 Å². The number of nitrogens with zero attached hydrogens (tertiary/aromatic N) is 4. The molecule has 1 aromatic rings. The highest BCUT2D eigenvalue weighted by Crippen LogP contribution is 2.15. The molecule has 2 heterocycles. The predicted molar refractivity (Wildman–Crippen MR) is 72.3 cm³/mol. The minimum absolute atomic E-state index is 0.149. The minimum Gasteiger partial charge on any atom is -0.338 e. The van der Waals surface area contributed by atoms with Crippen molar-refractivity contribution >= 4 is 5.91 Å². The molecule has 0 saturated heterocycles. The Morgan fingerprint density at radius 3 is 3.05 bits per heavy atom. The van der Waals surface area contributed by atoms with Crippen LogP contribution in [-0.2, 0) is 24.3 Å². The Hall–Kier alpha value is -1.43. The van der Waals surface area contributed by atoms with Crippen LogP contribution in [0.25, 0.3) is 0 Å². The summed E-state index contributed by atoms with van der Waals surface area (Å²) in [4.78, 5) is 13.8. The summed E-state index contributed by atoms with van der Waals surface area (Å²) in [5.41, 5.74) is 5.56. The van der Waals surface area contributed by atoms with Crippen molar-refractivity contribution in [2.45, 2.75) is 45.7 Å². The summed E-state index contributed by atoms with van der Waals surface area (Å²) in [5, 5.41) is 8.33. The number of carbonyl (C=O) groups excluding carboxylic acids is 1. The Labute approximate surface area is 114 Å². The summed E-state index contributed by atoms with van der Waals surface area (Å²) in [6.45, 7) is 4.22. The van der Waals surface area contributed by atoms with Gasteiger partial charge in [0.05, 0.1) is 6.54 Å². The van der Waals surface area contributed by atoms with E-state index in [0.717, 1.165) is 37.5 Å². The third kappa shape index (κ3) is 3.32. The highest BCUT2D eigenvalue weighted by Gasteiger charge is 2.19. The molecular weight excluding hydrogens is 242 g/mol. The smallest absolute Gasteiger partial charge is 0.222 e. The Kier molecular flexibility index (Phi) is 4.52. The molecule has 19 heavy (non-hydrogen) atoms. The third-order valence-corrected chi connectivity index (χ3v) is 3.74.